The van der Waals surface area contributed by atoms with E-state index in [1.165, 1.54) is 0 Å². The number of rotatable bonds is 1. The Balaban J connectivity index is 2.23. The quantitative estimate of drug-likeness (QED) is 0.451. The third-order valence-electron chi connectivity index (χ3n) is 1.55. The zero-order valence-corrected chi connectivity index (χ0v) is 6.13. The molecule has 1 saturated heterocycles. The van der Waals surface area contributed by atoms with Gasteiger partial charge in [0.15, 0.2) is 0 Å². The van der Waals surface area contributed by atoms with E-state index in [4.69, 9.17) is 4.74 Å². The SMILES string of the molecule is C[N+](C)N1CCOCC1. The maximum absolute atomic E-state index is 5.18. The Labute approximate surface area is 56.2 Å². The number of nitrogens with zero attached hydrogens (tertiary/aromatic N) is 2. The van der Waals surface area contributed by atoms with Crippen molar-refractivity contribution in [3.63, 3.8) is 0 Å². The van der Waals surface area contributed by atoms with Gasteiger partial charge in [-0.3, -0.25) is 0 Å². The molecule has 0 saturated carbocycles. The first kappa shape index (κ1) is 6.99. The summed E-state index contributed by atoms with van der Waals surface area (Å²) in [4.78, 5) is 0. The summed E-state index contributed by atoms with van der Waals surface area (Å²) in [6.45, 7) is 3.82. The van der Waals surface area contributed by atoms with Crippen LogP contribution >= 0.6 is 0 Å². The van der Waals surface area contributed by atoms with E-state index in [1.807, 2.05) is 0 Å². The standard InChI is InChI=1S/C6H14N2O/c1-7(2)8-3-5-9-6-4-8/h3-6H2,1-2H3/q+1. The maximum atomic E-state index is 5.18. The van der Waals surface area contributed by atoms with E-state index in [0.29, 0.717) is 0 Å². The summed E-state index contributed by atoms with van der Waals surface area (Å²) in [6, 6.07) is 0. The van der Waals surface area contributed by atoms with E-state index in [0.717, 1.165) is 26.3 Å². The van der Waals surface area contributed by atoms with Crippen LogP contribution in [0, 0.1) is 0 Å². The molecule has 1 aliphatic rings. The van der Waals surface area contributed by atoms with Crippen LogP contribution in [0.2, 0.25) is 0 Å². The molecule has 0 amide bonds. The molecule has 1 aliphatic heterocycles. The van der Waals surface area contributed by atoms with Crippen molar-refractivity contribution in [3.8, 4) is 0 Å². The minimum Gasteiger partial charge on any atom is -0.378 e. The molecule has 0 unspecified atom stereocenters. The minimum absolute atomic E-state index is 0.873. The fraction of sp³-hybridized carbons (Fsp3) is 1.00. The van der Waals surface area contributed by atoms with Gasteiger partial charge in [-0.1, -0.05) is 5.01 Å². The molecule has 1 radical (unpaired) electrons. The average Bonchev–Trinajstić information content (AvgIpc) is 1.90. The molecule has 3 heteroatoms. The lowest BCUT2D eigenvalue weighted by molar-refractivity contribution is -0.0171. The molecule has 53 valence electrons. The predicted octanol–water partition coefficient (Wildman–Crippen LogP) is -0.367. The largest absolute Gasteiger partial charge is 0.378 e. The molecule has 0 N–H and O–H groups in total. The number of ether oxygens (including phenoxy) is 1. The molecule has 3 nitrogen and oxygen atoms in total. The second-order valence-electron chi connectivity index (χ2n) is 2.41. The fourth-order valence-corrected chi connectivity index (χ4v) is 0.954. The lowest BCUT2D eigenvalue weighted by Gasteiger charge is -2.23. The van der Waals surface area contributed by atoms with Crippen LogP contribution in [0.1, 0.15) is 0 Å². The smallest absolute Gasteiger partial charge is 0.134 e. The molecule has 0 spiro atoms. The van der Waals surface area contributed by atoms with Gasteiger partial charge in [-0.25, -0.2) is 0 Å². The lowest BCUT2D eigenvalue weighted by atomic mass is 10.5. The average molecular weight is 130 g/mol. The lowest BCUT2D eigenvalue weighted by Crippen LogP contribution is -2.48. The van der Waals surface area contributed by atoms with Crippen LogP contribution in [0.4, 0.5) is 0 Å². The molecular weight excluding hydrogens is 116 g/mol. The number of hydrazine groups is 1. The Morgan fingerprint density at radius 1 is 1.22 bits per heavy atom. The van der Waals surface area contributed by atoms with Crippen LogP contribution in [-0.2, 0) is 4.74 Å². The normalized spacial score (nSPS) is 23.0. The van der Waals surface area contributed by atoms with Gasteiger partial charge in [-0.2, -0.15) is 0 Å². The summed E-state index contributed by atoms with van der Waals surface area (Å²) in [6.07, 6.45) is 0. The highest BCUT2D eigenvalue weighted by Crippen LogP contribution is 1.94. The third-order valence-corrected chi connectivity index (χ3v) is 1.55. The highest BCUT2D eigenvalue weighted by atomic mass is 16.5. The third kappa shape index (κ3) is 1.93. The Hall–Kier alpha value is -0.120. The Morgan fingerprint density at radius 3 is 2.11 bits per heavy atom. The van der Waals surface area contributed by atoms with E-state index in [9.17, 15) is 0 Å². The van der Waals surface area contributed by atoms with Crippen molar-refractivity contribution in [2.24, 2.45) is 0 Å². The second-order valence-corrected chi connectivity index (χ2v) is 2.41. The van der Waals surface area contributed by atoms with Crippen molar-refractivity contribution in [1.82, 2.24) is 10.0 Å². The maximum Gasteiger partial charge on any atom is 0.134 e. The molecule has 0 aromatic carbocycles. The van der Waals surface area contributed by atoms with Crippen molar-refractivity contribution in [2.45, 2.75) is 0 Å². The van der Waals surface area contributed by atoms with Gasteiger partial charge in [0.25, 0.3) is 0 Å². The number of morpholine rings is 1. The van der Waals surface area contributed by atoms with Crippen molar-refractivity contribution < 1.29 is 4.74 Å². The van der Waals surface area contributed by atoms with Crippen LogP contribution in [0.3, 0.4) is 0 Å². The number of hydrogen-bond acceptors (Lipinski definition) is 3. The fourth-order valence-electron chi connectivity index (χ4n) is 0.954. The van der Waals surface area contributed by atoms with Crippen molar-refractivity contribution in [2.75, 3.05) is 40.4 Å². The van der Waals surface area contributed by atoms with Crippen LogP contribution in [0.25, 0.3) is 0 Å². The van der Waals surface area contributed by atoms with Crippen molar-refractivity contribution >= 4 is 0 Å². The van der Waals surface area contributed by atoms with Gasteiger partial charge in [0.1, 0.15) is 14.1 Å². The molecule has 0 aliphatic carbocycles. The zero-order valence-electron chi connectivity index (χ0n) is 6.13. The van der Waals surface area contributed by atoms with Gasteiger partial charge < -0.3 is 4.74 Å². The van der Waals surface area contributed by atoms with Crippen LogP contribution in [0.5, 0.6) is 0 Å². The van der Waals surface area contributed by atoms with E-state index in [2.05, 4.69) is 24.1 Å². The first-order valence-corrected chi connectivity index (χ1v) is 3.30. The molecule has 9 heavy (non-hydrogen) atoms. The second kappa shape index (κ2) is 3.15. The molecule has 1 rings (SSSR count). The summed E-state index contributed by atoms with van der Waals surface area (Å²) in [5.74, 6) is 0. The monoisotopic (exact) mass is 130 g/mol. The van der Waals surface area contributed by atoms with Gasteiger partial charge in [0.2, 0.25) is 0 Å². The van der Waals surface area contributed by atoms with Gasteiger partial charge in [-0.05, 0) is 0 Å². The Bertz CT molecular complexity index is 79.1. The van der Waals surface area contributed by atoms with Crippen LogP contribution in [-0.4, -0.2) is 45.4 Å². The van der Waals surface area contributed by atoms with Crippen LogP contribution < -0.4 is 5.01 Å². The van der Waals surface area contributed by atoms with Crippen molar-refractivity contribution in [1.29, 1.82) is 0 Å². The Kier molecular flexibility index (Phi) is 2.45. The molecule has 1 fully saturated rings. The summed E-state index contributed by atoms with van der Waals surface area (Å²) in [7, 11) is 4.12. The molecular formula is C6H14N2O+. The molecule has 0 bridgehead atoms. The molecule has 0 aromatic heterocycles. The van der Waals surface area contributed by atoms with Gasteiger partial charge in [0, 0.05) is 0 Å². The van der Waals surface area contributed by atoms with Gasteiger partial charge >= 0.3 is 0 Å². The number of hydrogen-bond donors (Lipinski definition) is 0. The van der Waals surface area contributed by atoms with Crippen molar-refractivity contribution in [3.05, 3.63) is 0 Å². The van der Waals surface area contributed by atoms with Gasteiger partial charge in [-0.15, -0.1) is 5.01 Å². The summed E-state index contributed by atoms with van der Waals surface area (Å²) >= 11 is 0. The molecule has 0 aromatic rings. The topological polar surface area (TPSA) is 18.4 Å². The summed E-state index contributed by atoms with van der Waals surface area (Å²) in [5, 5.41) is 4.38. The summed E-state index contributed by atoms with van der Waals surface area (Å²) < 4.78 is 5.18. The molecule has 1 heterocycles. The first-order valence-electron chi connectivity index (χ1n) is 3.30. The van der Waals surface area contributed by atoms with E-state index < -0.39 is 0 Å². The minimum atomic E-state index is 0.873. The highest BCUT2D eigenvalue weighted by molar-refractivity contribution is 4.57. The molecule has 0 atom stereocenters. The van der Waals surface area contributed by atoms with E-state index in [-0.39, 0.29) is 0 Å². The highest BCUT2D eigenvalue weighted by Gasteiger charge is 2.18. The van der Waals surface area contributed by atoms with E-state index in [1.54, 1.807) is 0 Å². The predicted molar refractivity (Wildman–Crippen MR) is 36.4 cm³/mol. The zero-order chi connectivity index (χ0) is 6.69. The Morgan fingerprint density at radius 2 is 1.78 bits per heavy atom. The van der Waals surface area contributed by atoms with Crippen LogP contribution in [0.15, 0.2) is 0 Å². The van der Waals surface area contributed by atoms with E-state index >= 15 is 0 Å². The summed E-state index contributed by atoms with van der Waals surface area (Å²) in [5.41, 5.74) is 0. The first-order chi connectivity index (χ1) is 4.30. The van der Waals surface area contributed by atoms with Gasteiger partial charge in [0.05, 0.1) is 26.3 Å².